The summed E-state index contributed by atoms with van der Waals surface area (Å²) in [5.74, 6) is 7.38. The standard InChI is InChI=1S/C16H16N6OS.C9H7N5OS/c1-11-6-2-3-7-12(11)19-14(23)10-24-16-21-20-15(22(16)17)13-8-4-5-9-18-13;15-7-5-16-9-12-11-8(14(9)13-7)6-3-1-2-4-10-6/h2-9H,10,17H2,1H3,(H,19,23);1-4H,5H2,(H,13,15). The number of carbonyl (C=O) groups excluding carboxylic acids is 2. The molecule has 1 aliphatic rings. The zero-order valence-electron chi connectivity index (χ0n) is 21.1. The van der Waals surface area contributed by atoms with Crippen molar-refractivity contribution in [2.45, 2.75) is 17.2 Å². The number of benzene rings is 1. The van der Waals surface area contributed by atoms with Crippen LogP contribution in [0.25, 0.3) is 23.0 Å². The highest BCUT2D eigenvalue weighted by Gasteiger charge is 2.22. The molecule has 5 aromatic rings. The van der Waals surface area contributed by atoms with Gasteiger partial charge in [-0.25, -0.2) is 9.35 Å². The normalized spacial score (nSPS) is 12.1. The van der Waals surface area contributed by atoms with E-state index in [0.29, 0.717) is 39.1 Å². The first-order valence-corrected chi connectivity index (χ1v) is 13.9. The summed E-state index contributed by atoms with van der Waals surface area (Å²) in [7, 11) is 0. The van der Waals surface area contributed by atoms with Crippen molar-refractivity contribution < 1.29 is 9.59 Å². The predicted octanol–water partition coefficient (Wildman–Crippen LogP) is 2.61. The Morgan fingerprint density at radius 3 is 2.35 bits per heavy atom. The number of hydrogen-bond acceptors (Lipinski definition) is 11. The van der Waals surface area contributed by atoms with Gasteiger partial charge in [0.15, 0.2) is 0 Å². The lowest BCUT2D eigenvalue weighted by atomic mass is 10.2. The van der Waals surface area contributed by atoms with Gasteiger partial charge >= 0.3 is 0 Å². The van der Waals surface area contributed by atoms with Gasteiger partial charge in [0.1, 0.15) is 11.4 Å². The Labute approximate surface area is 237 Å². The minimum atomic E-state index is -0.128. The number of anilines is 1. The largest absolute Gasteiger partial charge is 0.335 e. The van der Waals surface area contributed by atoms with E-state index < -0.39 is 0 Å². The second kappa shape index (κ2) is 12.4. The van der Waals surface area contributed by atoms with Gasteiger partial charge in [0.25, 0.3) is 0 Å². The van der Waals surface area contributed by atoms with Crippen molar-refractivity contribution in [2.24, 2.45) is 0 Å². The van der Waals surface area contributed by atoms with Crippen molar-refractivity contribution in [3.63, 3.8) is 0 Å². The number of thioether (sulfide) groups is 2. The molecule has 0 bridgehead atoms. The third-order valence-electron chi connectivity index (χ3n) is 5.41. The molecule has 5 heterocycles. The monoisotopic (exact) mass is 573 g/mol. The molecule has 0 fully saturated rings. The number of para-hydroxylation sites is 1. The molecular weight excluding hydrogens is 550 g/mol. The van der Waals surface area contributed by atoms with Crippen molar-refractivity contribution in [1.29, 1.82) is 0 Å². The molecule has 4 aromatic heterocycles. The number of carbonyl (C=O) groups is 2. The smallest absolute Gasteiger partial charge is 0.249 e. The maximum atomic E-state index is 12.1. The minimum Gasteiger partial charge on any atom is -0.335 e. The average molecular weight is 574 g/mol. The molecular formula is C25H23N11O2S2. The Bertz CT molecular complexity index is 1620. The number of hydrogen-bond donors (Lipinski definition) is 3. The third kappa shape index (κ3) is 6.27. The summed E-state index contributed by atoms with van der Waals surface area (Å²) in [4.78, 5) is 31.7. The molecule has 0 saturated heterocycles. The fourth-order valence-corrected chi connectivity index (χ4v) is 4.83. The quantitative estimate of drug-likeness (QED) is 0.201. The molecule has 1 aliphatic heterocycles. The molecule has 0 spiro atoms. The second-order valence-corrected chi connectivity index (χ2v) is 10.1. The molecule has 0 aliphatic carbocycles. The molecule has 1 aromatic carbocycles. The van der Waals surface area contributed by atoms with Crippen LogP contribution >= 0.6 is 23.5 Å². The van der Waals surface area contributed by atoms with E-state index in [2.05, 4.69) is 41.1 Å². The van der Waals surface area contributed by atoms with Gasteiger partial charge in [0, 0.05) is 18.1 Å². The highest BCUT2D eigenvalue weighted by atomic mass is 32.2. The SMILES string of the molecule is Cc1ccccc1NC(=O)CSc1nnc(-c2ccccn2)n1N.O=C1CSc2nnc(-c3ccccn3)n2N1. The first-order chi connectivity index (χ1) is 19.5. The van der Waals surface area contributed by atoms with Crippen LogP contribution in [-0.4, -0.2) is 63.0 Å². The molecule has 0 atom stereocenters. The molecule has 15 heteroatoms. The summed E-state index contributed by atoms with van der Waals surface area (Å²) < 4.78 is 2.91. The fraction of sp³-hybridized carbons (Fsp3) is 0.120. The molecule has 6 rings (SSSR count). The zero-order chi connectivity index (χ0) is 27.9. The number of aryl methyl sites for hydroxylation is 1. The zero-order valence-corrected chi connectivity index (χ0v) is 22.8. The van der Waals surface area contributed by atoms with Crippen LogP contribution in [0.1, 0.15) is 5.56 Å². The van der Waals surface area contributed by atoms with Crippen LogP contribution in [0.2, 0.25) is 0 Å². The average Bonchev–Trinajstić information content (AvgIpc) is 3.57. The predicted molar refractivity (Wildman–Crippen MR) is 152 cm³/mol. The number of rotatable bonds is 6. The van der Waals surface area contributed by atoms with Crippen LogP contribution in [-0.2, 0) is 9.59 Å². The van der Waals surface area contributed by atoms with Crippen molar-refractivity contribution in [3.05, 3.63) is 78.6 Å². The van der Waals surface area contributed by atoms with Crippen molar-refractivity contribution in [3.8, 4) is 23.0 Å². The number of nitrogens with one attached hydrogen (secondary N) is 2. The summed E-state index contributed by atoms with van der Waals surface area (Å²) >= 11 is 2.58. The number of fused-ring (bicyclic) bond motifs is 1. The van der Waals surface area contributed by atoms with Crippen LogP contribution in [0.15, 0.2) is 83.4 Å². The van der Waals surface area contributed by atoms with E-state index in [1.165, 1.54) is 28.2 Å². The van der Waals surface area contributed by atoms with E-state index in [-0.39, 0.29) is 17.6 Å². The van der Waals surface area contributed by atoms with E-state index in [1.807, 2.05) is 61.5 Å². The molecule has 0 unspecified atom stereocenters. The third-order valence-corrected chi connectivity index (χ3v) is 7.28. The molecule has 4 N–H and O–H groups in total. The van der Waals surface area contributed by atoms with Crippen molar-refractivity contribution in [2.75, 3.05) is 28.1 Å². The van der Waals surface area contributed by atoms with Crippen LogP contribution < -0.4 is 16.6 Å². The summed E-state index contributed by atoms with van der Waals surface area (Å²) in [5, 5.41) is 20.1. The molecule has 202 valence electrons. The lowest BCUT2D eigenvalue weighted by molar-refractivity contribution is -0.115. The van der Waals surface area contributed by atoms with Gasteiger partial charge in [0.05, 0.1) is 11.5 Å². The molecule has 2 amide bonds. The molecule has 13 nitrogen and oxygen atoms in total. The maximum absolute atomic E-state index is 12.1. The summed E-state index contributed by atoms with van der Waals surface area (Å²) in [6, 6.07) is 18.6. The summed E-state index contributed by atoms with van der Waals surface area (Å²) in [6.07, 6.45) is 3.33. The van der Waals surface area contributed by atoms with Gasteiger partial charge in [0.2, 0.25) is 33.8 Å². The fourth-order valence-electron chi connectivity index (χ4n) is 3.49. The Morgan fingerprint density at radius 1 is 0.975 bits per heavy atom. The van der Waals surface area contributed by atoms with Gasteiger partial charge in [-0.1, -0.05) is 53.9 Å². The van der Waals surface area contributed by atoms with Crippen molar-refractivity contribution >= 4 is 41.0 Å². The second-order valence-electron chi connectivity index (χ2n) is 8.22. The Balaban J connectivity index is 0.000000174. The van der Waals surface area contributed by atoms with Gasteiger partial charge in [-0.15, -0.1) is 20.4 Å². The molecule has 0 radical (unpaired) electrons. The maximum Gasteiger partial charge on any atom is 0.249 e. The van der Waals surface area contributed by atoms with Crippen LogP contribution in [0.3, 0.4) is 0 Å². The number of nitrogen functional groups attached to an aromatic ring is 1. The van der Waals surface area contributed by atoms with E-state index in [0.717, 1.165) is 11.3 Å². The number of amides is 2. The van der Waals surface area contributed by atoms with E-state index in [9.17, 15) is 9.59 Å². The number of nitrogens with zero attached hydrogens (tertiary/aromatic N) is 8. The lowest BCUT2D eigenvalue weighted by Crippen LogP contribution is -2.29. The van der Waals surface area contributed by atoms with Crippen LogP contribution in [0, 0.1) is 6.92 Å². The molecule has 0 saturated carbocycles. The van der Waals surface area contributed by atoms with E-state index in [1.54, 1.807) is 23.1 Å². The first kappa shape index (κ1) is 26.8. The summed E-state index contributed by atoms with van der Waals surface area (Å²) in [5.41, 5.74) is 5.82. The number of aromatic nitrogens is 8. The first-order valence-electron chi connectivity index (χ1n) is 11.9. The van der Waals surface area contributed by atoms with E-state index in [4.69, 9.17) is 5.84 Å². The number of pyridine rings is 2. The lowest BCUT2D eigenvalue weighted by Gasteiger charge is -2.14. The Morgan fingerprint density at radius 2 is 1.65 bits per heavy atom. The van der Waals surface area contributed by atoms with Crippen LogP contribution in [0.5, 0.6) is 0 Å². The Kier molecular flexibility index (Phi) is 8.32. The minimum absolute atomic E-state index is 0.0607. The van der Waals surface area contributed by atoms with E-state index >= 15 is 0 Å². The summed E-state index contributed by atoms with van der Waals surface area (Å²) in [6.45, 7) is 1.94. The van der Waals surface area contributed by atoms with Gasteiger partial charge < -0.3 is 11.2 Å². The van der Waals surface area contributed by atoms with Gasteiger partial charge in [-0.3, -0.25) is 25.0 Å². The van der Waals surface area contributed by atoms with Gasteiger partial charge in [-0.2, -0.15) is 0 Å². The number of nitrogens with two attached hydrogens (primary N) is 1. The highest BCUT2D eigenvalue weighted by molar-refractivity contribution is 8.00. The highest BCUT2D eigenvalue weighted by Crippen LogP contribution is 2.24. The topological polar surface area (TPSA) is 171 Å². The van der Waals surface area contributed by atoms with Crippen LogP contribution in [0.4, 0.5) is 5.69 Å². The molecule has 40 heavy (non-hydrogen) atoms. The Hall–Kier alpha value is -4.76. The van der Waals surface area contributed by atoms with Gasteiger partial charge in [-0.05, 0) is 42.8 Å². The van der Waals surface area contributed by atoms with Crippen molar-refractivity contribution in [1.82, 2.24) is 39.7 Å².